The van der Waals surface area contributed by atoms with Crippen molar-refractivity contribution in [1.29, 1.82) is 0 Å². The molecule has 0 spiro atoms. The Morgan fingerprint density at radius 2 is 1.76 bits per heavy atom. The van der Waals surface area contributed by atoms with Gasteiger partial charge in [-0.3, -0.25) is 0 Å². The first-order chi connectivity index (χ1) is 12.0. The Balaban J connectivity index is 1.98. The van der Waals surface area contributed by atoms with Crippen LogP contribution < -0.4 is 11.1 Å². The second-order valence-corrected chi connectivity index (χ2v) is 6.61. The molecule has 5 nitrogen and oxygen atoms in total. The van der Waals surface area contributed by atoms with Crippen LogP contribution in [0.2, 0.25) is 0 Å². The van der Waals surface area contributed by atoms with Gasteiger partial charge >= 0.3 is 0 Å². The quantitative estimate of drug-likeness (QED) is 0.703. The minimum Gasteiger partial charge on any atom is -0.396 e. The van der Waals surface area contributed by atoms with E-state index in [4.69, 9.17) is 15.2 Å². The highest BCUT2D eigenvalue weighted by atomic mass is 16.5. The second kappa shape index (κ2) is 6.97. The summed E-state index contributed by atoms with van der Waals surface area (Å²) in [5, 5.41) is 7.53. The fraction of sp³-hybridized carbons (Fsp3) is 0.300. The summed E-state index contributed by atoms with van der Waals surface area (Å²) in [6.45, 7) is 8.16. The predicted molar refractivity (Wildman–Crippen MR) is 101 cm³/mol. The minimum absolute atomic E-state index is 0.121. The van der Waals surface area contributed by atoms with E-state index in [0.29, 0.717) is 17.4 Å². The van der Waals surface area contributed by atoms with E-state index < -0.39 is 0 Å². The molecule has 0 aliphatic rings. The number of hydrogen-bond acceptors (Lipinski definition) is 5. The molecule has 3 N–H and O–H groups in total. The van der Waals surface area contributed by atoms with Gasteiger partial charge < -0.3 is 15.6 Å². The molecule has 5 heteroatoms. The van der Waals surface area contributed by atoms with Gasteiger partial charge in [-0.25, -0.2) is 4.98 Å². The summed E-state index contributed by atoms with van der Waals surface area (Å²) < 4.78 is 5.27. The molecule has 0 fully saturated rings. The number of anilines is 2. The molecule has 130 valence electrons. The molecule has 1 aromatic carbocycles. The van der Waals surface area contributed by atoms with E-state index in [1.165, 1.54) is 5.56 Å². The lowest BCUT2D eigenvalue weighted by Gasteiger charge is -2.24. The lowest BCUT2D eigenvalue weighted by molar-refractivity contribution is 0.393. The average molecular weight is 336 g/mol. The van der Waals surface area contributed by atoms with Gasteiger partial charge in [-0.1, -0.05) is 49.3 Å². The van der Waals surface area contributed by atoms with Gasteiger partial charge in [0.25, 0.3) is 0 Å². The Bertz CT molecular complexity index is 836. The zero-order valence-corrected chi connectivity index (χ0v) is 15.1. The molecule has 0 aliphatic carbocycles. The van der Waals surface area contributed by atoms with E-state index in [2.05, 4.69) is 36.5 Å². The molecule has 3 rings (SSSR count). The highest BCUT2D eigenvalue weighted by Gasteiger charge is 2.19. The third kappa shape index (κ3) is 3.50. The zero-order chi connectivity index (χ0) is 18.0. The average Bonchev–Trinajstić information content (AvgIpc) is 2.93. The molecule has 0 saturated heterocycles. The predicted octanol–water partition coefficient (Wildman–Crippen LogP) is 4.74. The van der Waals surface area contributed by atoms with Gasteiger partial charge in [0, 0.05) is 0 Å². The fourth-order valence-corrected chi connectivity index (χ4v) is 3.02. The molecule has 2 heterocycles. The van der Waals surface area contributed by atoms with Crippen molar-refractivity contribution in [2.24, 2.45) is 5.92 Å². The van der Waals surface area contributed by atoms with Gasteiger partial charge in [-0.05, 0) is 37.5 Å². The number of pyridine rings is 1. The lowest BCUT2D eigenvalue weighted by atomic mass is 9.96. The van der Waals surface area contributed by atoms with Crippen LogP contribution in [0.15, 0.2) is 47.0 Å². The lowest BCUT2D eigenvalue weighted by Crippen LogP contribution is -2.18. The molecule has 0 unspecified atom stereocenters. The molecule has 0 saturated carbocycles. The van der Waals surface area contributed by atoms with Crippen molar-refractivity contribution in [2.45, 2.75) is 33.7 Å². The number of hydrogen-bond donors (Lipinski definition) is 2. The van der Waals surface area contributed by atoms with Crippen LogP contribution in [0, 0.1) is 19.8 Å². The number of aromatic nitrogens is 2. The molecule has 0 aliphatic heterocycles. The Hall–Kier alpha value is -2.82. The fourth-order valence-electron chi connectivity index (χ4n) is 3.02. The first kappa shape index (κ1) is 17.0. The second-order valence-electron chi connectivity index (χ2n) is 6.61. The Morgan fingerprint density at radius 1 is 1.04 bits per heavy atom. The Kier molecular flexibility index (Phi) is 4.74. The number of nitrogens with one attached hydrogen (secondary N) is 1. The van der Waals surface area contributed by atoms with Crippen LogP contribution in [0.4, 0.5) is 11.5 Å². The highest BCUT2D eigenvalue weighted by molar-refractivity contribution is 5.71. The minimum atomic E-state index is 0.121. The van der Waals surface area contributed by atoms with Crippen molar-refractivity contribution in [3.63, 3.8) is 0 Å². The molecular weight excluding hydrogens is 312 g/mol. The SMILES string of the molecule is Cc1noc(C)c1-c1ccc(N)c(N[C@H](c2ccccc2)C(C)C)n1. The van der Waals surface area contributed by atoms with Crippen molar-refractivity contribution < 1.29 is 4.52 Å². The smallest absolute Gasteiger partial charge is 0.150 e. The van der Waals surface area contributed by atoms with Crippen LogP contribution in [0.3, 0.4) is 0 Å². The number of nitrogens with two attached hydrogens (primary N) is 1. The molecule has 0 amide bonds. The van der Waals surface area contributed by atoms with E-state index in [1.807, 2.05) is 44.2 Å². The standard InChI is InChI=1S/C20H24N4O/c1-12(2)19(15-8-6-5-7-9-15)23-20-16(21)10-11-17(22-20)18-13(3)24-25-14(18)4/h5-12,19H,21H2,1-4H3,(H,22,23)/t19-/m0/s1. The van der Waals surface area contributed by atoms with Crippen molar-refractivity contribution in [3.8, 4) is 11.3 Å². The van der Waals surface area contributed by atoms with Crippen LogP contribution in [0.5, 0.6) is 0 Å². The Morgan fingerprint density at radius 3 is 2.36 bits per heavy atom. The van der Waals surface area contributed by atoms with Gasteiger partial charge in [0.2, 0.25) is 0 Å². The van der Waals surface area contributed by atoms with Crippen LogP contribution in [-0.4, -0.2) is 10.1 Å². The first-order valence-electron chi connectivity index (χ1n) is 8.48. The van der Waals surface area contributed by atoms with Crippen molar-refractivity contribution in [2.75, 3.05) is 11.1 Å². The monoisotopic (exact) mass is 336 g/mol. The van der Waals surface area contributed by atoms with Crippen molar-refractivity contribution in [1.82, 2.24) is 10.1 Å². The van der Waals surface area contributed by atoms with Crippen molar-refractivity contribution in [3.05, 3.63) is 59.5 Å². The van der Waals surface area contributed by atoms with Gasteiger partial charge in [-0.15, -0.1) is 0 Å². The summed E-state index contributed by atoms with van der Waals surface area (Å²) in [6.07, 6.45) is 0. The van der Waals surface area contributed by atoms with Crippen LogP contribution in [0.25, 0.3) is 11.3 Å². The maximum absolute atomic E-state index is 6.18. The Labute approximate surface area is 148 Å². The van der Waals surface area contributed by atoms with Crippen LogP contribution >= 0.6 is 0 Å². The summed E-state index contributed by atoms with van der Waals surface area (Å²) in [6, 6.07) is 14.2. The number of nitrogen functional groups attached to an aromatic ring is 1. The van der Waals surface area contributed by atoms with Gasteiger partial charge in [0.15, 0.2) is 0 Å². The molecule has 3 aromatic rings. The molecule has 25 heavy (non-hydrogen) atoms. The first-order valence-corrected chi connectivity index (χ1v) is 8.48. The van der Waals surface area contributed by atoms with E-state index >= 15 is 0 Å². The zero-order valence-electron chi connectivity index (χ0n) is 15.1. The molecule has 2 aromatic heterocycles. The summed E-state index contributed by atoms with van der Waals surface area (Å²) in [7, 11) is 0. The van der Waals surface area contributed by atoms with E-state index in [1.54, 1.807) is 0 Å². The molecular formula is C20H24N4O. The normalized spacial score (nSPS) is 12.4. The van der Waals surface area contributed by atoms with Gasteiger partial charge in [-0.2, -0.15) is 0 Å². The van der Waals surface area contributed by atoms with E-state index in [0.717, 1.165) is 22.7 Å². The summed E-state index contributed by atoms with van der Waals surface area (Å²) in [4.78, 5) is 4.75. The number of benzene rings is 1. The number of rotatable bonds is 5. The largest absolute Gasteiger partial charge is 0.396 e. The maximum atomic E-state index is 6.18. The molecule has 1 atom stereocenters. The third-order valence-corrected chi connectivity index (χ3v) is 4.33. The number of nitrogens with zero attached hydrogens (tertiary/aromatic N) is 2. The van der Waals surface area contributed by atoms with Crippen molar-refractivity contribution >= 4 is 11.5 Å². The van der Waals surface area contributed by atoms with E-state index in [9.17, 15) is 0 Å². The summed E-state index contributed by atoms with van der Waals surface area (Å²) in [5.41, 5.74) is 10.6. The van der Waals surface area contributed by atoms with Crippen LogP contribution in [0.1, 0.15) is 36.9 Å². The highest BCUT2D eigenvalue weighted by Crippen LogP contribution is 2.32. The molecule has 0 radical (unpaired) electrons. The summed E-state index contributed by atoms with van der Waals surface area (Å²) in [5.74, 6) is 1.82. The maximum Gasteiger partial charge on any atom is 0.150 e. The van der Waals surface area contributed by atoms with Crippen LogP contribution in [-0.2, 0) is 0 Å². The topological polar surface area (TPSA) is 77.0 Å². The third-order valence-electron chi connectivity index (χ3n) is 4.33. The van der Waals surface area contributed by atoms with Gasteiger partial charge in [0.05, 0.1) is 28.7 Å². The summed E-state index contributed by atoms with van der Waals surface area (Å²) >= 11 is 0. The molecule has 0 bridgehead atoms. The van der Waals surface area contributed by atoms with E-state index in [-0.39, 0.29) is 6.04 Å². The van der Waals surface area contributed by atoms with Gasteiger partial charge in [0.1, 0.15) is 11.6 Å². The number of aryl methyl sites for hydroxylation is 2.